The Kier molecular flexibility index (Phi) is 23.6. The zero-order chi connectivity index (χ0) is 26.8. The molecule has 0 fully saturated rings. The van der Waals surface area contributed by atoms with Gasteiger partial charge in [-0.05, 0) is 32.6 Å². The van der Waals surface area contributed by atoms with Gasteiger partial charge in [-0.3, -0.25) is 0 Å². The quantitative estimate of drug-likeness (QED) is 0.0842. The van der Waals surface area contributed by atoms with Crippen LogP contribution in [0.15, 0.2) is 12.4 Å². The summed E-state index contributed by atoms with van der Waals surface area (Å²) in [6.07, 6.45) is 41.3. The maximum atomic E-state index is 3.68. The standard InChI is InChI=1S/C35H68N2/c1-5-8-11-13-15-16-17-18-19-20-21-23-24-26-28-33(4)37-32-31-36-35(37)34(29-10-7-3)30-27-25-22-14-12-9-6-2/h31-34H,5-30H2,1-4H3/p+1. The molecule has 0 saturated carbocycles. The summed E-state index contributed by atoms with van der Waals surface area (Å²) >= 11 is 0. The minimum absolute atomic E-state index is 0.622. The SMILES string of the molecule is CCCCCCCCCCCCCCCCC(C)[n+]1cc[nH]c1C(CCCC)CCCCCCCCC. The molecule has 1 aromatic heterocycles. The molecule has 1 heterocycles. The van der Waals surface area contributed by atoms with Crippen LogP contribution in [0.4, 0.5) is 0 Å². The normalized spacial score (nSPS) is 13.3. The van der Waals surface area contributed by atoms with Crippen LogP contribution in [0.3, 0.4) is 0 Å². The molecular weight excluding hydrogens is 448 g/mol. The Balaban J connectivity index is 2.21. The van der Waals surface area contributed by atoms with Gasteiger partial charge in [0.1, 0.15) is 12.4 Å². The van der Waals surface area contributed by atoms with Crippen molar-refractivity contribution >= 4 is 0 Å². The fourth-order valence-electron chi connectivity index (χ4n) is 6.06. The van der Waals surface area contributed by atoms with Gasteiger partial charge in [0.05, 0.1) is 12.0 Å². The molecule has 0 aliphatic rings. The van der Waals surface area contributed by atoms with Crippen molar-refractivity contribution in [1.82, 2.24) is 4.98 Å². The predicted octanol–water partition coefficient (Wildman–Crippen LogP) is 12.1. The highest BCUT2D eigenvalue weighted by molar-refractivity contribution is 4.90. The molecule has 2 unspecified atom stereocenters. The van der Waals surface area contributed by atoms with Crippen molar-refractivity contribution in [3.8, 4) is 0 Å². The Labute approximate surface area is 234 Å². The summed E-state index contributed by atoms with van der Waals surface area (Å²) in [7, 11) is 0. The molecule has 0 radical (unpaired) electrons. The van der Waals surface area contributed by atoms with E-state index < -0.39 is 0 Å². The molecule has 0 aromatic carbocycles. The average Bonchev–Trinajstić information content (AvgIpc) is 3.40. The first-order chi connectivity index (χ1) is 18.2. The molecule has 1 rings (SSSR count). The lowest BCUT2D eigenvalue weighted by molar-refractivity contribution is -0.727. The summed E-state index contributed by atoms with van der Waals surface area (Å²) in [6, 6.07) is 0.622. The third-order valence-corrected chi connectivity index (χ3v) is 8.64. The minimum Gasteiger partial charge on any atom is -0.247 e. The first-order valence-electron chi connectivity index (χ1n) is 17.3. The van der Waals surface area contributed by atoms with Crippen molar-refractivity contribution in [1.29, 1.82) is 0 Å². The summed E-state index contributed by atoms with van der Waals surface area (Å²) in [5.74, 6) is 2.22. The number of imidazole rings is 1. The summed E-state index contributed by atoms with van der Waals surface area (Å²) in [5.41, 5.74) is 0. The molecule has 0 aliphatic carbocycles. The zero-order valence-corrected chi connectivity index (χ0v) is 26.1. The zero-order valence-electron chi connectivity index (χ0n) is 26.1. The highest BCUT2D eigenvalue weighted by Gasteiger charge is 2.25. The van der Waals surface area contributed by atoms with Crippen molar-refractivity contribution in [2.24, 2.45) is 0 Å². The van der Waals surface area contributed by atoms with E-state index in [1.807, 2.05) is 0 Å². The van der Waals surface area contributed by atoms with Crippen molar-refractivity contribution in [3.05, 3.63) is 18.2 Å². The van der Waals surface area contributed by atoms with E-state index in [-0.39, 0.29) is 0 Å². The lowest BCUT2D eigenvalue weighted by Crippen LogP contribution is -2.41. The van der Waals surface area contributed by atoms with Crippen LogP contribution in [0.25, 0.3) is 0 Å². The molecule has 0 amide bonds. The molecule has 218 valence electrons. The van der Waals surface area contributed by atoms with Crippen molar-refractivity contribution in [2.45, 2.75) is 207 Å². The number of H-pyrrole nitrogens is 1. The van der Waals surface area contributed by atoms with Crippen LogP contribution < -0.4 is 4.57 Å². The van der Waals surface area contributed by atoms with Crippen molar-refractivity contribution in [3.63, 3.8) is 0 Å². The van der Waals surface area contributed by atoms with E-state index >= 15 is 0 Å². The first kappa shape index (κ1) is 34.2. The van der Waals surface area contributed by atoms with E-state index in [9.17, 15) is 0 Å². The van der Waals surface area contributed by atoms with Crippen LogP contribution >= 0.6 is 0 Å². The summed E-state index contributed by atoms with van der Waals surface area (Å²) in [4.78, 5) is 3.68. The van der Waals surface area contributed by atoms with Crippen LogP contribution in [-0.4, -0.2) is 4.98 Å². The number of rotatable bonds is 28. The highest BCUT2D eigenvalue weighted by Crippen LogP contribution is 2.26. The summed E-state index contributed by atoms with van der Waals surface area (Å²) in [6.45, 7) is 9.40. The maximum Gasteiger partial charge on any atom is 0.257 e. The fraction of sp³-hybridized carbons (Fsp3) is 0.914. The Morgan fingerprint density at radius 1 is 0.514 bits per heavy atom. The van der Waals surface area contributed by atoms with Gasteiger partial charge in [0, 0.05) is 0 Å². The Morgan fingerprint density at radius 3 is 1.35 bits per heavy atom. The van der Waals surface area contributed by atoms with Gasteiger partial charge in [0.15, 0.2) is 0 Å². The highest BCUT2D eigenvalue weighted by atomic mass is 15.1. The summed E-state index contributed by atoms with van der Waals surface area (Å²) in [5, 5.41) is 0. The lowest BCUT2D eigenvalue weighted by atomic mass is 9.93. The van der Waals surface area contributed by atoms with Crippen LogP contribution in [0.1, 0.15) is 212 Å². The number of aromatic amines is 1. The van der Waals surface area contributed by atoms with Gasteiger partial charge in [-0.1, -0.05) is 162 Å². The number of unbranched alkanes of at least 4 members (excludes halogenated alkanes) is 20. The van der Waals surface area contributed by atoms with Gasteiger partial charge >= 0.3 is 0 Å². The van der Waals surface area contributed by atoms with Gasteiger partial charge < -0.3 is 0 Å². The number of aromatic nitrogens is 2. The first-order valence-corrected chi connectivity index (χ1v) is 17.3. The molecule has 2 heteroatoms. The van der Waals surface area contributed by atoms with Crippen LogP contribution in [-0.2, 0) is 0 Å². The summed E-state index contributed by atoms with van der Waals surface area (Å²) < 4.78 is 2.60. The third kappa shape index (κ3) is 18.2. The topological polar surface area (TPSA) is 19.7 Å². The van der Waals surface area contributed by atoms with Crippen LogP contribution in [0.2, 0.25) is 0 Å². The van der Waals surface area contributed by atoms with E-state index in [0.29, 0.717) is 12.0 Å². The second kappa shape index (κ2) is 25.5. The molecule has 0 bridgehead atoms. The molecular formula is C35H69N2+. The molecule has 37 heavy (non-hydrogen) atoms. The number of nitrogens with one attached hydrogen (secondary N) is 1. The average molecular weight is 518 g/mol. The Bertz CT molecular complexity index is 578. The molecule has 1 aromatic rings. The van der Waals surface area contributed by atoms with E-state index in [1.54, 1.807) is 0 Å². The molecule has 0 aliphatic heterocycles. The molecule has 0 spiro atoms. The molecule has 0 saturated heterocycles. The minimum atomic E-state index is 0.622. The molecule has 2 atom stereocenters. The number of hydrogen-bond donors (Lipinski definition) is 1. The van der Waals surface area contributed by atoms with E-state index in [0.717, 1.165) is 0 Å². The van der Waals surface area contributed by atoms with Gasteiger partial charge in [-0.15, -0.1) is 0 Å². The Morgan fingerprint density at radius 2 is 0.892 bits per heavy atom. The van der Waals surface area contributed by atoms with Gasteiger partial charge in [0.25, 0.3) is 5.82 Å². The fourth-order valence-corrected chi connectivity index (χ4v) is 6.06. The third-order valence-electron chi connectivity index (χ3n) is 8.64. The van der Waals surface area contributed by atoms with Gasteiger partial charge in [-0.25, -0.2) is 9.55 Å². The van der Waals surface area contributed by atoms with Crippen LogP contribution in [0.5, 0.6) is 0 Å². The van der Waals surface area contributed by atoms with E-state index in [4.69, 9.17) is 0 Å². The predicted molar refractivity (Wildman–Crippen MR) is 166 cm³/mol. The van der Waals surface area contributed by atoms with Gasteiger partial charge in [0.2, 0.25) is 0 Å². The monoisotopic (exact) mass is 518 g/mol. The number of hydrogen-bond acceptors (Lipinski definition) is 0. The Hall–Kier alpha value is -0.790. The smallest absolute Gasteiger partial charge is 0.247 e. The second-order valence-corrected chi connectivity index (χ2v) is 12.2. The largest absolute Gasteiger partial charge is 0.257 e. The van der Waals surface area contributed by atoms with E-state index in [1.165, 1.54) is 173 Å². The lowest BCUT2D eigenvalue weighted by Gasteiger charge is -2.17. The van der Waals surface area contributed by atoms with Gasteiger partial charge in [-0.2, -0.15) is 0 Å². The molecule has 1 N–H and O–H groups in total. The second-order valence-electron chi connectivity index (χ2n) is 12.2. The number of nitrogens with zero attached hydrogens (tertiary/aromatic N) is 1. The van der Waals surface area contributed by atoms with Crippen molar-refractivity contribution in [2.75, 3.05) is 0 Å². The van der Waals surface area contributed by atoms with Crippen LogP contribution in [0, 0.1) is 0 Å². The maximum absolute atomic E-state index is 3.68. The van der Waals surface area contributed by atoms with E-state index in [2.05, 4.69) is 49.6 Å². The van der Waals surface area contributed by atoms with Crippen molar-refractivity contribution < 1.29 is 4.57 Å². The molecule has 2 nitrogen and oxygen atoms in total.